The first kappa shape index (κ1) is 41.2. The van der Waals surface area contributed by atoms with Crippen molar-refractivity contribution in [2.45, 2.75) is 77.0 Å². The number of carbonyl (C=O) groups is 4. The number of nitrogens with zero attached hydrogens (tertiary/aromatic N) is 2. The van der Waals surface area contributed by atoms with E-state index in [2.05, 4.69) is 21.3 Å². The average Bonchev–Trinajstić information content (AvgIpc) is 3.54. The Bertz CT molecular complexity index is 1340. The summed E-state index contributed by atoms with van der Waals surface area (Å²) in [6, 6.07) is 10.5. The first-order valence-electron chi connectivity index (χ1n) is 19.7. The van der Waals surface area contributed by atoms with E-state index in [-0.39, 0.29) is 23.6 Å². The third-order valence-electron chi connectivity index (χ3n) is 9.77. The lowest BCUT2D eigenvalue weighted by Crippen LogP contribution is -2.31. The van der Waals surface area contributed by atoms with Crippen LogP contribution in [0.25, 0.3) is 11.1 Å². The maximum atomic E-state index is 13.3. The van der Waals surface area contributed by atoms with Crippen LogP contribution < -0.4 is 32.7 Å². The van der Waals surface area contributed by atoms with Crippen LogP contribution in [0.3, 0.4) is 0 Å². The normalized spacial score (nSPS) is 13.9. The molecule has 4 amide bonds. The smallest absolute Gasteiger partial charge is 0.261 e. The second-order valence-electron chi connectivity index (χ2n) is 13.9. The Hall–Kier alpha value is -3.52. The standard InChI is InChI=1S/C40H62N8O4/c41-17-1-3-19-43-21-5-7-23-45-25-9-11-27-47-37(49)33-15-13-31(29-35(33)39(47)51)32-14-16-34-36(30-32)40(52)48(38(34)50)28-12-10-26-46-24-8-6-22-44-20-4-2-18-42/h13-16,29-30,43-46H,1-12,17-28,41-42H2. The number of rotatable bonds is 29. The van der Waals surface area contributed by atoms with Crippen LogP contribution in [0.15, 0.2) is 36.4 Å². The molecule has 0 spiro atoms. The van der Waals surface area contributed by atoms with Crippen LogP contribution in [0.1, 0.15) is 118 Å². The fourth-order valence-electron chi connectivity index (χ4n) is 6.68. The first-order valence-corrected chi connectivity index (χ1v) is 19.7. The Morgan fingerprint density at radius 3 is 1.00 bits per heavy atom. The van der Waals surface area contributed by atoms with Crippen LogP contribution in [0.4, 0.5) is 0 Å². The largest absolute Gasteiger partial charge is 0.330 e. The molecule has 0 aromatic heterocycles. The van der Waals surface area contributed by atoms with Crippen LogP contribution in [0, 0.1) is 0 Å². The molecule has 52 heavy (non-hydrogen) atoms. The van der Waals surface area contributed by atoms with Crippen molar-refractivity contribution in [2.75, 3.05) is 78.5 Å². The van der Waals surface area contributed by atoms with E-state index >= 15 is 0 Å². The van der Waals surface area contributed by atoms with E-state index in [0.717, 1.165) is 154 Å². The van der Waals surface area contributed by atoms with Crippen molar-refractivity contribution in [1.82, 2.24) is 31.1 Å². The maximum absolute atomic E-state index is 13.3. The lowest BCUT2D eigenvalue weighted by atomic mass is 9.97. The Morgan fingerprint density at radius 1 is 0.385 bits per heavy atom. The summed E-state index contributed by atoms with van der Waals surface area (Å²) in [5.41, 5.74) is 14.1. The molecule has 0 saturated heterocycles. The number of carbonyl (C=O) groups excluding carboxylic acids is 4. The van der Waals surface area contributed by atoms with E-state index in [4.69, 9.17) is 11.5 Å². The minimum absolute atomic E-state index is 0.263. The molecule has 2 heterocycles. The summed E-state index contributed by atoms with van der Waals surface area (Å²) in [6.07, 6.45) is 12.0. The van der Waals surface area contributed by atoms with Crippen LogP contribution in [0.2, 0.25) is 0 Å². The highest BCUT2D eigenvalue weighted by Gasteiger charge is 2.37. The zero-order chi connectivity index (χ0) is 37.0. The van der Waals surface area contributed by atoms with E-state index in [9.17, 15) is 19.2 Å². The average molecular weight is 719 g/mol. The number of unbranched alkanes of at least 4 members (excludes halogenated alkanes) is 6. The second kappa shape index (κ2) is 23.2. The molecule has 0 radical (unpaired) electrons. The molecule has 0 saturated carbocycles. The minimum atomic E-state index is -0.284. The molecule has 2 aromatic carbocycles. The van der Waals surface area contributed by atoms with Crippen molar-refractivity contribution in [1.29, 1.82) is 0 Å². The van der Waals surface area contributed by atoms with E-state index in [0.29, 0.717) is 35.3 Å². The van der Waals surface area contributed by atoms with Crippen LogP contribution in [-0.4, -0.2) is 112 Å². The summed E-state index contributed by atoms with van der Waals surface area (Å²) in [5, 5.41) is 13.8. The second-order valence-corrected chi connectivity index (χ2v) is 13.9. The molecular weight excluding hydrogens is 656 g/mol. The molecule has 2 aliphatic rings. The lowest BCUT2D eigenvalue weighted by Gasteiger charge is -2.13. The summed E-state index contributed by atoms with van der Waals surface area (Å²) >= 11 is 0. The summed E-state index contributed by atoms with van der Waals surface area (Å²) in [6.45, 7) is 9.95. The van der Waals surface area contributed by atoms with E-state index in [1.807, 2.05) is 0 Å². The van der Waals surface area contributed by atoms with Gasteiger partial charge in [0.2, 0.25) is 0 Å². The molecule has 0 unspecified atom stereocenters. The minimum Gasteiger partial charge on any atom is -0.330 e. The molecule has 4 rings (SSSR count). The highest BCUT2D eigenvalue weighted by molar-refractivity contribution is 6.23. The highest BCUT2D eigenvalue weighted by atomic mass is 16.2. The van der Waals surface area contributed by atoms with E-state index in [1.54, 1.807) is 36.4 Å². The molecule has 0 fully saturated rings. The summed E-state index contributed by atoms with van der Waals surface area (Å²) < 4.78 is 0. The van der Waals surface area contributed by atoms with E-state index < -0.39 is 0 Å². The molecule has 2 aliphatic heterocycles. The van der Waals surface area contributed by atoms with Crippen molar-refractivity contribution < 1.29 is 19.2 Å². The quantitative estimate of drug-likeness (QED) is 0.0540. The summed E-state index contributed by atoms with van der Waals surface area (Å²) in [5.74, 6) is -1.09. The first-order chi connectivity index (χ1) is 25.5. The fraction of sp³-hybridized carbons (Fsp3) is 0.600. The Balaban J connectivity index is 1.15. The molecule has 0 atom stereocenters. The van der Waals surface area contributed by atoms with Crippen LogP contribution >= 0.6 is 0 Å². The van der Waals surface area contributed by atoms with Gasteiger partial charge in [-0.1, -0.05) is 12.1 Å². The summed E-state index contributed by atoms with van der Waals surface area (Å²) in [7, 11) is 0. The number of imide groups is 2. The van der Waals surface area contributed by atoms with Gasteiger partial charge in [-0.05, 0) is 178 Å². The molecule has 0 aliphatic carbocycles. The third-order valence-corrected chi connectivity index (χ3v) is 9.77. The highest BCUT2D eigenvalue weighted by Crippen LogP contribution is 2.32. The number of hydrogen-bond acceptors (Lipinski definition) is 10. The zero-order valence-corrected chi connectivity index (χ0v) is 31.1. The number of nitrogens with one attached hydrogen (secondary N) is 4. The molecule has 12 heteroatoms. The maximum Gasteiger partial charge on any atom is 0.261 e. The molecule has 0 bridgehead atoms. The van der Waals surface area contributed by atoms with Gasteiger partial charge in [0.1, 0.15) is 0 Å². The van der Waals surface area contributed by atoms with Gasteiger partial charge >= 0.3 is 0 Å². The molecule has 286 valence electrons. The topological polar surface area (TPSA) is 175 Å². The van der Waals surface area contributed by atoms with Gasteiger partial charge in [-0.25, -0.2) is 0 Å². The van der Waals surface area contributed by atoms with E-state index in [1.165, 1.54) is 9.80 Å². The SMILES string of the molecule is NCCCCNCCCCNCCCCN1C(=O)c2ccc(-c3ccc4c(c3)C(=O)N(CCCCNCCCCNCCCCN)C4=O)cc2C1=O. The molecule has 12 nitrogen and oxygen atoms in total. The van der Waals surface area contributed by atoms with Crippen LogP contribution in [-0.2, 0) is 0 Å². The van der Waals surface area contributed by atoms with Gasteiger partial charge in [0, 0.05) is 13.1 Å². The zero-order valence-electron chi connectivity index (χ0n) is 31.1. The predicted molar refractivity (Wildman–Crippen MR) is 208 cm³/mol. The van der Waals surface area contributed by atoms with Crippen molar-refractivity contribution in [2.24, 2.45) is 11.5 Å². The number of hydrogen-bond donors (Lipinski definition) is 6. The van der Waals surface area contributed by atoms with Gasteiger partial charge in [-0.3, -0.25) is 29.0 Å². The van der Waals surface area contributed by atoms with Gasteiger partial charge < -0.3 is 32.7 Å². The third kappa shape index (κ3) is 12.3. The Morgan fingerprint density at radius 2 is 0.673 bits per heavy atom. The number of amides is 4. The lowest BCUT2D eigenvalue weighted by molar-refractivity contribution is 0.0636. The predicted octanol–water partition coefficient (Wildman–Crippen LogP) is 3.50. The Kier molecular flexibility index (Phi) is 18.4. The van der Waals surface area contributed by atoms with Gasteiger partial charge in [0.05, 0.1) is 22.3 Å². The number of benzene rings is 2. The summed E-state index contributed by atoms with van der Waals surface area (Å²) in [4.78, 5) is 55.4. The molecule has 2 aromatic rings. The van der Waals surface area contributed by atoms with Crippen molar-refractivity contribution in [3.8, 4) is 11.1 Å². The van der Waals surface area contributed by atoms with Gasteiger partial charge in [0.15, 0.2) is 0 Å². The van der Waals surface area contributed by atoms with Gasteiger partial charge in [0.25, 0.3) is 23.6 Å². The van der Waals surface area contributed by atoms with Crippen molar-refractivity contribution >= 4 is 23.6 Å². The van der Waals surface area contributed by atoms with Crippen molar-refractivity contribution in [3.63, 3.8) is 0 Å². The van der Waals surface area contributed by atoms with Crippen LogP contribution in [0.5, 0.6) is 0 Å². The number of fused-ring (bicyclic) bond motifs is 2. The van der Waals surface area contributed by atoms with Gasteiger partial charge in [-0.2, -0.15) is 0 Å². The van der Waals surface area contributed by atoms with Crippen molar-refractivity contribution in [3.05, 3.63) is 58.7 Å². The Labute approximate surface area is 310 Å². The molecular formula is C40H62N8O4. The monoisotopic (exact) mass is 718 g/mol. The molecule has 8 N–H and O–H groups in total. The fourth-order valence-corrected chi connectivity index (χ4v) is 6.68. The van der Waals surface area contributed by atoms with Gasteiger partial charge in [-0.15, -0.1) is 0 Å². The number of nitrogens with two attached hydrogens (primary N) is 2.